The van der Waals surface area contributed by atoms with Gasteiger partial charge >= 0.3 is 5.97 Å². The number of oxime groups is 1. The minimum absolute atomic E-state index is 0.111. The molecule has 34 heavy (non-hydrogen) atoms. The maximum absolute atomic E-state index is 13.4. The molecule has 2 atom stereocenters. The van der Waals surface area contributed by atoms with Gasteiger partial charge in [-0.05, 0) is 30.2 Å². The number of nitrogens with zero attached hydrogens (tertiary/aromatic N) is 2. The molecule has 9 heteroatoms. The average molecular weight is 470 g/mol. The number of fused-ring (bicyclic) bond motifs is 1. The molecule has 0 bridgehead atoms. The Balaban J connectivity index is 1.51. The number of hydrogen-bond donors (Lipinski definition) is 1. The Morgan fingerprint density at radius 2 is 2.00 bits per heavy atom. The van der Waals surface area contributed by atoms with Crippen LogP contribution < -0.4 is 5.32 Å². The molecule has 2 aliphatic rings. The molecule has 1 fully saturated rings. The number of rotatable bonds is 10. The molecular formula is C25H28FN3O5. The summed E-state index contributed by atoms with van der Waals surface area (Å²) in [4.78, 5) is 47.9. The quantitative estimate of drug-likeness (QED) is 0.536. The zero-order valence-electron chi connectivity index (χ0n) is 19.3. The van der Waals surface area contributed by atoms with Crippen molar-refractivity contribution in [2.75, 3.05) is 13.3 Å². The normalized spacial score (nSPS) is 20.5. The molecule has 0 radical (unpaired) electrons. The van der Waals surface area contributed by atoms with Crippen molar-refractivity contribution in [2.24, 2.45) is 17.0 Å². The second-order valence-corrected chi connectivity index (χ2v) is 9.19. The molecule has 1 aliphatic carbocycles. The first-order valence-electron chi connectivity index (χ1n) is 11.5. The Morgan fingerprint density at radius 3 is 2.71 bits per heavy atom. The van der Waals surface area contributed by atoms with Gasteiger partial charge in [-0.3, -0.25) is 19.4 Å². The maximum atomic E-state index is 13.4. The molecule has 0 spiro atoms. The van der Waals surface area contributed by atoms with Crippen LogP contribution in [0.2, 0.25) is 0 Å². The molecule has 1 amide bonds. The highest BCUT2D eigenvalue weighted by molar-refractivity contribution is 6.12. The third-order valence-corrected chi connectivity index (χ3v) is 6.39. The number of ether oxygens (including phenoxy) is 1. The number of alkyl halides is 1. The van der Waals surface area contributed by atoms with Gasteiger partial charge in [-0.2, -0.15) is 0 Å². The van der Waals surface area contributed by atoms with Gasteiger partial charge in [0, 0.05) is 23.9 Å². The Labute approximate surface area is 196 Å². The van der Waals surface area contributed by atoms with Gasteiger partial charge in [0.25, 0.3) is 5.91 Å². The highest BCUT2D eigenvalue weighted by Crippen LogP contribution is 2.35. The summed E-state index contributed by atoms with van der Waals surface area (Å²) in [5.74, 6) is -2.18. The summed E-state index contributed by atoms with van der Waals surface area (Å²) in [5.41, 5.74) is -0.327. The number of Topliss-reactive ketones (excluding diaryl/α,β-unsaturated/α-hetero) is 1. The third-order valence-electron chi connectivity index (χ3n) is 6.39. The molecule has 1 aromatic carbocycles. The largest absolute Gasteiger partial charge is 0.465 e. The molecule has 2 heterocycles. The summed E-state index contributed by atoms with van der Waals surface area (Å²) in [7, 11) is 0. The van der Waals surface area contributed by atoms with Gasteiger partial charge < -0.3 is 14.9 Å². The summed E-state index contributed by atoms with van der Waals surface area (Å²) < 4.78 is 18.4. The fourth-order valence-corrected chi connectivity index (χ4v) is 3.96. The lowest BCUT2D eigenvalue weighted by atomic mass is 9.83. The SMILES string of the molecule is CC(C)C1(C(=O)N[C@@H](CC(=O)OCC2CC2)C(=O)CF)CC(c2nccc3ccccc23)=NO1. The molecule has 180 valence electrons. The summed E-state index contributed by atoms with van der Waals surface area (Å²) in [5, 5.41) is 8.55. The van der Waals surface area contributed by atoms with Crippen molar-refractivity contribution in [2.45, 2.75) is 51.2 Å². The van der Waals surface area contributed by atoms with Crippen molar-refractivity contribution in [3.63, 3.8) is 0 Å². The van der Waals surface area contributed by atoms with Crippen molar-refractivity contribution in [1.82, 2.24) is 10.3 Å². The summed E-state index contributed by atoms with van der Waals surface area (Å²) >= 11 is 0. The zero-order valence-corrected chi connectivity index (χ0v) is 19.3. The van der Waals surface area contributed by atoms with Crippen LogP contribution in [0.15, 0.2) is 41.7 Å². The fourth-order valence-electron chi connectivity index (χ4n) is 3.96. The van der Waals surface area contributed by atoms with Gasteiger partial charge in [0.15, 0.2) is 5.78 Å². The van der Waals surface area contributed by atoms with Crippen LogP contribution in [0.3, 0.4) is 0 Å². The number of pyridine rings is 1. The van der Waals surface area contributed by atoms with Gasteiger partial charge in [-0.1, -0.05) is 43.3 Å². The van der Waals surface area contributed by atoms with Gasteiger partial charge in [0.1, 0.15) is 18.4 Å². The lowest BCUT2D eigenvalue weighted by Gasteiger charge is -2.30. The first kappa shape index (κ1) is 23.8. The molecule has 1 aliphatic heterocycles. The third kappa shape index (κ3) is 4.93. The smallest absolute Gasteiger partial charge is 0.308 e. The Bertz CT molecular complexity index is 1130. The number of aromatic nitrogens is 1. The minimum Gasteiger partial charge on any atom is -0.465 e. The molecular weight excluding hydrogens is 441 g/mol. The standard InChI is InChI=1S/C25H28FN3O5/c1-15(2)25(12-20(29-34-25)23-18-6-4-3-5-17(18)9-10-27-23)24(32)28-19(21(30)13-26)11-22(31)33-14-16-7-8-16/h3-6,9-10,15-16,19H,7-8,11-14H2,1-2H3,(H,28,32)/t19-,25?/m0/s1. The van der Waals surface area contributed by atoms with E-state index in [1.54, 1.807) is 20.0 Å². The molecule has 2 aromatic rings. The highest BCUT2D eigenvalue weighted by atomic mass is 19.1. The van der Waals surface area contributed by atoms with E-state index in [1.165, 1.54) is 0 Å². The Kier molecular flexibility index (Phi) is 6.90. The molecule has 4 rings (SSSR count). The van der Waals surface area contributed by atoms with Crippen molar-refractivity contribution in [3.8, 4) is 0 Å². The van der Waals surface area contributed by atoms with Gasteiger partial charge in [-0.25, -0.2) is 4.39 Å². The van der Waals surface area contributed by atoms with Crippen molar-refractivity contribution >= 4 is 34.1 Å². The monoisotopic (exact) mass is 469 g/mol. The lowest BCUT2D eigenvalue weighted by Crippen LogP contribution is -2.55. The number of benzene rings is 1. The van der Waals surface area contributed by atoms with E-state index < -0.39 is 42.4 Å². The predicted octanol–water partition coefficient (Wildman–Crippen LogP) is 3.12. The Hall–Kier alpha value is -3.36. The number of carbonyl (C=O) groups is 3. The van der Waals surface area contributed by atoms with E-state index in [0.717, 1.165) is 23.6 Å². The van der Waals surface area contributed by atoms with E-state index in [4.69, 9.17) is 9.57 Å². The first-order valence-corrected chi connectivity index (χ1v) is 11.5. The average Bonchev–Trinajstić information content (AvgIpc) is 3.56. The molecule has 1 N–H and O–H groups in total. The summed E-state index contributed by atoms with van der Waals surface area (Å²) in [6.07, 6.45) is 3.34. The highest BCUT2D eigenvalue weighted by Gasteiger charge is 2.51. The van der Waals surface area contributed by atoms with Crippen LogP contribution in [-0.4, -0.2) is 53.3 Å². The summed E-state index contributed by atoms with van der Waals surface area (Å²) in [6.45, 7) is 2.56. The van der Waals surface area contributed by atoms with Crippen LogP contribution in [0.25, 0.3) is 10.8 Å². The van der Waals surface area contributed by atoms with E-state index in [2.05, 4.69) is 15.5 Å². The van der Waals surface area contributed by atoms with E-state index in [0.29, 0.717) is 17.3 Å². The second-order valence-electron chi connectivity index (χ2n) is 9.19. The van der Waals surface area contributed by atoms with E-state index in [1.807, 2.05) is 30.3 Å². The van der Waals surface area contributed by atoms with Crippen LogP contribution in [0, 0.1) is 11.8 Å². The lowest BCUT2D eigenvalue weighted by molar-refractivity contribution is -0.153. The van der Waals surface area contributed by atoms with Gasteiger partial charge in [0.2, 0.25) is 5.60 Å². The molecule has 1 saturated carbocycles. The van der Waals surface area contributed by atoms with Crippen LogP contribution in [0.5, 0.6) is 0 Å². The van der Waals surface area contributed by atoms with E-state index in [-0.39, 0.29) is 18.9 Å². The van der Waals surface area contributed by atoms with Gasteiger partial charge in [0.05, 0.1) is 18.7 Å². The summed E-state index contributed by atoms with van der Waals surface area (Å²) in [6, 6.07) is 8.22. The van der Waals surface area contributed by atoms with Crippen LogP contribution in [0.4, 0.5) is 4.39 Å². The number of hydrogen-bond acceptors (Lipinski definition) is 7. The zero-order chi connectivity index (χ0) is 24.3. The Morgan fingerprint density at radius 1 is 1.24 bits per heavy atom. The number of ketones is 1. The van der Waals surface area contributed by atoms with Crippen molar-refractivity contribution < 1.29 is 28.3 Å². The molecule has 1 aromatic heterocycles. The maximum Gasteiger partial charge on any atom is 0.308 e. The molecule has 8 nitrogen and oxygen atoms in total. The van der Waals surface area contributed by atoms with Gasteiger partial charge in [-0.15, -0.1) is 0 Å². The predicted molar refractivity (Wildman–Crippen MR) is 123 cm³/mol. The molecule has 0 saturated heterocycles. The van der Waals surface area contributed by atoms with Crippen molar-refractivity contribution in [1.29, 1.82) is 0 Å². The van der Waals surface area contributed by atoms with E-state index >= 15 is 0 Å². The minimum atomic E-state index is -1.43. The van der Waals surface area contributed by atoms with Crippen molar-refractivity contribution in [3.05, 3.63) is 42.2 Å². The second kappa shape index (κ2) is 9.87. The topological polar surface area (TPSA) is 107 Å². The molecule has 1 unspecified atom stereocenters. The van der Waals surface area contributed by atoms with Crippen LogP contribution in [0.1, 0.15) is 45.2 Å². The number of nitrogens with one attached hydrogen (secondary N) is 1. The number of carbonyl (C=O) groups excluding carboxylic acids is 3. The van der Waals surface area contributed by atoms with E-state index in [9.17, 15) is 18.8 Å². The fraction of sp³-hybridized carbons (Fsp3) is 0.480. The first-order chi connectivity index (χ1) is 16.3. The number of amides is 1. The number of esters is 1. The van der Waals surface area contributed by atoms with Crippen LogP contribution >= 0.6 is 0 Å². The number of halogens is 1. The van der Waals surface area contributed by atoms with Crippen LogP contribution in [-0.2, 0) is 24.0 Å².